The van der Waals surface area contributed by atoms with E-state index in [9.17, 15) is 0 Å². The summed E-state index contributed by atoms with van der Waals surface area (Å²) in [6.07, 6.45) is 12.5. The number of ether oxygens (including phenoxy) is 1. The average molecular weight is 280 g/mol. The van der Waals surface area contributed by atoms with Gasteiger partial charge in [0.05, 0.1) is 6.61 Å². The van der Waals surface area contributed by atoms with Gasteiger partial charge in [-0.05, 0) is 45.6 Å². The lowest BCUT2D eigenvalue weighted by Crippen LogP contribution is -2.50. The molecule has 1 atom stereocenters. The van der Waals surface area contributed by atoms with Crippen LogP contribution in [0.3, 0.4) is 0 Å². The van der Waals surface area contributed by atoms with E-state index in [-0.39, 0.29) is 0 Å². The summed E-state index contributed by atoms with van der Waals surface area (Å²) in [5.41, 5.74) is 0.368. The highest BCUT2D eigenvalue weighted by molar-refractivity contribution is 4.92. The molecule has 2 aliphatic carbocycles. The van der Waals surface area contributed by atoms with Gasteiger partial charge >= 0.3 is 0 Å². The molecule has 0 aromatic heterocycles. The molecule has 3 aliphatic rings. The summed E-state index contributed by atoms with van der Waals surface area (Å²) in [5, 5.41) is 3.77. The fourth-order valence-electron chi connectivity index (χ4n) is 4.06. The second-order valence-corrected chi connectivity index (χ2v) is 7.52. The first-order valence-corrected chi connectivity index (χ1v) is 8.79. The van der Waals surface area contributed by atoms with Crippen LogP contribution in [-0.2, 0) is 4.74 Å². The molecule has 3 fully saturated rings. The van der Waals surface area contributed by atoms with Gasteiger partial charge in [0.25, 0.3) is 0 Å². The summed E-state index contributed by atoms with van der Waals surface area (Å²) in [7, 11) is 2.35. The van der Waals surface area contributed by atoms with Crippen molar-refractivity contribution < 1.29 is 4.74 Å². The third-order valence-electron chi connectivity index (χ3n) is 5.53. The summed E-state index contributed by atoms with van der Waals surface area (Å²) in [6.45, 7) is 4.31. The van der Waals surface area contributed by atoms with Crippen LogP contribution < -0.4 is 5.32 Å². The van der Waals surface area contributed by atoms with Crippen molar-refractivity contribution in [2.45, 2.75) is 69.9 Å². The van der Waals surface area contributed by atoms with Gasteiger partial charge in [-0.1, -0.05) is 19.3 Å². The lowest BCUT2D eigenvalue weighted by Gasteiger charge is -2.43. The van der Waals surface area contributed by atoms with E-state index in [1.807, 2.05) is 0 Å². The van der Waals surface area contributed by atoms with Gasteiger partial charge in [0.1, 0.15) is 0 Å². The van der Waals surface area contributed by atoms with E-state index in [0.717, 1.165) is 31.8 Å². The molecule has 1 N–H and O–H groups in total. The summed E-state index contributed by atoms with van der Waals surface area (Å²) in [4.78, 5) is 2.66. The van der Waals surface area contributed by atoms with E-state index < -0.39 is 0 Å². The van der Waals surface area contributed by atoms with Crippen LogP contribution in [0.15, 0.2) is 0 Å². The number of rotatable bonds is 6. The molecule has 0 aromatic carbocycles. The predicted molar refractivity (Wildman–Crippen MR) is 83.0 cm³/mol. The molecule has 3 nitrogen and oxygen atoms in total. The molecule has 0 amide bonds. The Morgan fingerprint density at radius 3 is 2.55 bits per heavy atom. The van der Waals surface area contributed by atoms with Gasteiger partial charge in [-0.2, -0.15) is 0 Å². The van der Waals surface area contributed by atoms with Gasteiger partial charge in [0, 0.05) is 37.2 Å². The number of hydrogen-bond acceptors (Lipinski definition) is 3. The lowest BCUT2D eigenvalue weighted by atomic mass is 9.81. The van der Waals surface area contributed by atoms with Gasteiger partial charge in [-0.15, -0.1) is 0 Å². The van der Waals surface area contributed by atoms with Crippen molar-refractivity contribution in [2.75, 3.05) is 33.4 Å². The van der Waals surface area contributed by atoms with Crippen LogP contribution in [0.25, 0.3) is 0 Å². The van der Waals surface area contributed by atoms with Crippen molar-refractivity contribution >= 4 is 0 Å². The third kappa shape index (κ3) is 3.96. The van der Waals surface area contributed by atoms with Gasteiger partial charge in [0.2, 0.25) is 0 Å². The van der Waals surface area contributed by atoms with Gasteiger partial charge in [0.15, 0.2) is 0 Å². The van der Waals surface area contributed by atoms with E-state index >= 15 is 0 Å². The first kappa shape index (κ1) is 14.8. The maximum atomic E-state index is 5.86. The molecule has 1 aliphatic heterocycles. The molecular formula is C17H32N2O. The standard InChI is InChI=1S/C17H32N2O/c1-19(16-6-3-2-4-7-16)13-17(10-5-11-20-14-17)12-18-15-8-9-15/h15-16,18H,2-14H2,1H3. The van der Waals surface area contributed by atoms with E-state index in [2.05, 4.69) is 17.3 Å². The highest BCUT2D eigenvalue weighted by Crippen LogP contribution is 2.32. The Hall–Kier alpha value is -0.120. The van der Waals surface area contributed by atoms with Crippen LogP contribution in [-0.4, -0.2) is 50.3 Å². The van der Waals surface area contributed by atoms with E-state index in [0.29, 0.717) is 5.41 Å². The monoisotopic (exact) mass is 280 g/mol. The molecule has 20 heavy (non-hydrogen) atoms. The van der Waals surface area contributed by atoms with Crippen LogP contribution in [0.1, 0.15) is 57.8 Å². The number of nitrogens with zero attached hydrogens (tertiary/aromatic N) is 1. The molecular weight excluding hydrogens is 248 g/mol. The lowest BCUT2D eigenvalue weighted by molar-refractivity contribution is -0.0306. The molecule has 2 saturated carbocycles. The Kier molecular flexibility index (Phi) is 5.00. The summed E-state index contributed by atoms with van der Waals surface area (Å²) in [5.74, 6) is 0. The molecule has 0 aromatic rings. The first-order chi connectivity index (χ1) is 9.77. The summed E-state index contributed by atoms with van der Waals surface area (Å²) < 4.78 is 5.86. The molecule has 1 heterocycles. The SMILES string of the molecule is CN(CC1(CNC2CC2)CCCOC1)C1CCCCC1. The van der Waals surface area contributed by atoms with E-state index in [1.54, 1.807) is 0 Å². The van der Waals surface area contributed by atoms with Crippen molar-refractivity contribution in [3.63, 3.8) is 0 Å². The predicted octanol–water partition coefficient (Wildman–Crippen LogP) is 2.80. The molecule has 116 valence electrons. The molecule has 0 spiro atoms. The quantitative estimate of drug-likeness (QED) is 0.810. The first-order valence-electron chi connectivity index (χ1n) is 8.79. The Balaban J connectivity index is 1.55. The van der Waals surface area contributed by atoms with Crippen molar-refractivity contribution in [1.82, 2.24) is 10.2 Å². The van der Waals surface area contributed by atoms with E-state index in [1.165, 1.54) is 64.3 Å². The minimum atomic E-state index is 0.368. The fourth-order valence-corrected chi connectivity index (χ4v) is 4.06. The molecule has 1 saturated heterocycles. The fraction of sp³-hybridized carbons (Fsp3) is 1.00. The zero-order valence-corrected chi connectivity index (χ0v) is 13.2. The highest BCUT2D eigenvalue weighted by atomic mass is 16.5. The largest absolute Gasteiger partial charge is 0.381 e. The molecule has 3 rings (SSSR count). The Morgan fingerprint density at radius 2 is 1.90 bits per heavy atom. The summed E-state index contributed by atoms with van der Waals surface area (Å²) in [6, 6.07) is 1.64. The van der Waals surface area contributed by atoms with Crippen LogP contribution in [0, 0.1) is 5.41 Å². The topological polar surface area (TPSA) is 24.5 Å². The van der Waals surface area contributed by atoms with Crippen molar-refractivity contribution in [2.24, 2.45) is 5.41 Å². The maximum absolute atomic E-state index is 5.86. The van der Waals surface area contributed by atoms with Crippen LogP contribution in [0.5, 0.6) is 0 Å². The smallest absolute Gasteiger partial charge is 0.0546 e. The number of nitrogens with one attached hydrogen (secondary N) is 1. The Morgan fingerprint density at radius 1 is 1.10 bits per heavy atom. The van der Waals surface area contributed by atoms with Crippen molar-refractivity contribution in [3.8, 4) is 0 Å². The van der Waals surface area contributed by atoms with Crippen LogP contribution in [0.2, 0.25) is 0 Å². The van der Waals surface area contributed by atoms with Crippen molar-refractivity contribution in [1.29, 1.82) is 0 Å². The van der Waals surface area contributed by atoms with Gasteiger partial charge in [-0.3, -0.25) is 0 Å². The third-order valence-corrected chi connectivity index (χ3v) is 5.53. The molecule has 0 radical (unpaired) electrons. The average Bonchev–Trinajstić information content (AvgIpc) is 3.31. The normalized spacial score (nSPS) is 32.7. The van der Waals surface area contributed by atoms with Crippen LogP contribution in [0.4, 0.5) is 0 Å². The minimum absolute atomic E-state index is 0.368. The molecule has 1 unspecified atom stereocenters. The minimum Gasteiger partial charge on any atom is -0.381 e. The highest BCUT2D eigenvalue weighted by Gasteiger charge is 2.37. The second kappa shape index (κ2) is 6.76. The summed E-state index contributed by atoms with van der Waals surface area (Å²) >= 11 is 0. The van der Waals surface area contributed by atoms with Crippen molar-refractivity contribution in [3.05, 3.63) is 0 Å². The van der Waals surface area contributed by atoms with Gasteiger partial charge < -0.3 is 15.0 Å². The van der Waals surface area contributed by atoms with Crippen LogP contribution >= 0.6 is 0 Å². The maximum Gasteiger partial charge on any atom is 0.0546 e. The number of hydrogen-bond donors (Lipinski definition) is 1. The Labute approximate surface area is 124 Å². The second-order valence-electron chi connectivity index (χ2n) is 7.52. The molecule has 3 heteroatoms. The Bertz CT molecular complexity index is 291. The van der Waals surface area contributed by atoms with E-state index in [4.69, 9.17) is 4.74 Å². The zero-order valence-electron chi connectivity index (χ0n) is 13.2. The van der Waals surface area contributed by atoms with Gasteiger partial charge in [-0.25, -0.2) is 0 Å². The zero-order chi connectivity index (χ0) is 13.8. The molecule has 0 bridgehead atoms.